The highest BCUT2D eigenvalue weighted by atomic mass is 79.9. The van der Waals surface area contributed by atoms with Gasteiger partial charge in [-0.3, -0.25) is 9.78 Å². The van der Waals surface area contributed by atoms with Gasteiger partial charge in [0.15, 0.2) is 0 Å². The van der Waals surface area contributed by atoms with E-state index in [-0.39, 0.29) is 22.9 Å². The summed E-state index contributed by atoms with van der Waals surface area (Å²) in [7, 11) is 0. The summed E-state index contributed by atoms with van der Waals surface area (Å²) in [5, 5.41) is 1.53. The summed E-state index contributed by atoms with van der Waals surface area (Å²) < 4.78 is 0. The Bertz CT molecular complexity index is 362. The third-order valence-corrected chi connectivity index (χ3v) is 1.34. The van der Waals surface area contributed by atoms with Crippen molar-refractivity contribution in [2.45, 2.75) is 0 Å². The molecule has 0 bridgehead atoms. The van der Waals surface area contributed by atoms with Gasteiger partial charge in [0.2, 0.25) is 0 Å². The van der Waals surface area contributed by atoms with Crippen molar-refractivity contribution < 1.29 is 4.79 Å². The quantitative estimate of drug-likeness (QED) is 0.588. The number of aromatic nitrogens is 1. The van der Waals surface area contributed by atoms with Crippen LogP contribution >= 0.6 is 17.0 Å². The monoisotopic (exact) mass is 212 g/mol. The van der Waals surface area contributed by atoms with Crippen molar-refractivity contribution in [3.8, 4) is 0 Å². The van der Waals surface area contributed by atoms with E-state index in [4.69, 9.17) is 0 Å². The van der Waals surface area contributed by atoms with E-state index in [9.17, 15) is 4.79 Å². The lowest BCUT2D eigenvalue weighted by Crippen LogP contribution is -2.20. The van der Waals surface area contributed by atoms with Gasteiger partial charge >= 0.3 is 0 Å². The smallest absolute Gasteiger partial charge is 0.267 e. The average molecular weight is 213 g/mol. The Hall–Kier alpha value is -1.03. The molecule has 0 spiro atoms. The van der Waals surface area contributed by atoms with Gasteiger partial charge < -0.3 is 0 Å². The highest BCUT2D eigenvalue weighted by Gasteiger charge is 2.00. The summed E-state index contributed by atoms with van der Waals surface area (Å²) in [5.74, 6) is -0.192. The van der Waals surface area contributed by atoms with Crippen LogP contribution in [0.4, 0.5) is 0 Å². The standard InChI is InChI=1S/C7H4N2O.BrH/c10-7-3-5-4-8-2-1-6(5)9-7;/h1-4H;1H. The fourth-order valence-corrected chi connectivity index (χ4v) is 0.896. The Morgan fingerprint density at radius 1 is 1.36 bits per heavy atom. The molecule has 0 atom stereocenters. The van der Waals surface area contributed by atoms with Crippen LogP contribution in [0.25, 0.3) is 6.08 Å². The van der Waals surface area contributed by atoms with Crippen molar-refractivity contribution in [1.82, 2.24) is 4.98 Å². The van der Waals surface area contributed by atoms with Crippen LogP contribution in [-0.2, 0) is 4.79 Å². The van der Waals surface area contributed by atoms with E-state index in [1.165, 1.54) is 6.08 Å². The number of carbonyl (C=O) groups excluding carboxylic acids is 1. The van der Waals surface area contributed by atoms with Crippen molar-refractivity contribution in [1.29, 1.82) is 0 Å². The fourth-order valence-electron chi connectivity index (χ4n) is 0.896. The lowest BCUT2D eigenvalue weighted by molar-refractivity contribution is -0.112. The van der Waals surface area contributed by atoms with Crippen molar-refractivity contribution in [3.05, 3.63) is 29.0 Å². The molecule has 4 heteroatoms. The number of rotatable bonds is 0. The second kappa shape index (κ2) is 2.92. The molecule has 0 unspecified atom stereocenters. The molecular formula is C7H5BrN2O. The number of amides is 1. The van der Waals surface area contributed by atoms with E-state index in [1.807, 2.05) is 0 Å². The first-order valence-corrected chi connectivity index (χ1v) is 2.91. The molecule has 1 aromatic heterocycles. The number of pyridine rings is 1. The van der Waals surface area contributed by atoms with Crippen molar-refractivity contribution in [2.75, 3.05) is 0 Å². The molecule has 2 heterocycles. The zero-order chi connectivity index (χ0) is 6.97. The molecule has 1 aliphatic heterocycles. The number of carbonyl (C=O) groups is 1. The normalized spacial score (nSPS) is 12.5. The SMILES string of the molecule is Br.O=C1C=c2cnccc2=N1. The molecule has 0 aliphatic carbocycles. The highest BCUT2D eigenvalue weighted by Crippen LogP contribution is 1.79. The van der Waals surface area contributed by atoms with Gasteiger partial charge in [0.25, 0.3) is 5.91 Å². The Kier molecular flexibility index (Phi) is 2.14. The minimum Gasteiger partial charge on any atom is -0.267 e. The molecule has 3 nitrogen and oxygen atoms in total. The number of halogens is 1. The average Bonchev–Trinajstić information content (AvgIpc) is 2.27. The largest absolute Gasteiger partial charge is 0.271 e. The van der Waals surface area contributed by atoms with Gasteiger partial charge in [-0.25, -0.2) is 4.99 Å². The summed E-state index contributed by atoms with van der Waals surface area (Å²) in [4.78, 5) is 18.2. The second-order valence-electron chi connectivity index (χ2n) is 2.03. The van der Waals surface area contributed by atoms with Crippen LogP contribution in [0.5, 0.6) is 0 Å². The van der Waals surface area contributed by atoms with E-state index in [0.29, 0.717) is 0 Å². The first-order valence-electron chi connectivity index (χ1n) is 2.91. The van der Waals surface area contributed by atoms with Crippen LogP contribution in [0, 0.1) is 0 Å². The molecule has 1 amide bonds. The minimum atomic E-state index is -0.192. The van der Waals surface area contributed by atoms with Crippen LogP contribution in [0.2, 0.25) is 0 Å². The van der Waals surface area contributed by atoms with E-state index in [2.05, 4.69) is 9.98 Å². The summed E-state index contributed by atoms with van der Waals surface area (Å²) in [6.45, 7) is 0. The maximum absolute atomic E-state index is 10.6. The van der Waals surface area contributed by atoms with Crippen LogP contribution in [-0.4, -0.2) is 10.9 Å². The number of hydrogen-bond acceptors (Lipinski definition) is 2. The molecule has 0 saturated carbocycles. The number of fused-ring (bicyclic) bond motifs is 1. The molecule has 0 radical (unpaired) electrons. The summed E-state index contributed by atoms with van der Waals surface area (Å²) in [6.07, 6.45) is 4.72. The Labute approximate surface area is 73.3 Å². The summed E-state index contributed by atoms with van der Waals surface area (Å²) >= 11 is 0. The Morgan fingerprint density at radius 3 is 2.91 bits per heavy atom. The lowest BCUT2D eigenvalue weighted by Gasteiger charge is -1.76. The Morgan fingerprint density at radius 2 is 2.18 bits per heavy atom. The van der Waals surface area contributed by atoms with E-state index < -0.39 is 0 Å². The highest BCUT2D eigenvalue weighted by molar-refractivity contribution is 8.93. The topological polar surface area (TPSA) is 42.3 Å². The number of hydrogen-bond donors (Lipinski definition) is 0. The second-order valence-corrected chi connectivity index (χ2v) is 2.03. The van der Waals surface area contributed by atoms with Gasteiger partial charge in [-0.1, -0.05) is 0 Å². The first-order chi connectivity index (χ1) is 4.86. The molecule has 1 aliphatic rings. The van der Waals surface area contributed by atoms with Gasteiger partial charge in [-0.05, 0) is 6.07 Å². The molecule has 2 rings (SSSR count). The summed E-state index contributed by atoms with van der Waals surface area (Å²) in [6, 6.07) is 1.72. The predicted octanol–water partition coefficient (Wildman–Crippen LogP) is -0.400. The molecule has 0 aromatic carbocycles. The van der Waals surface area contributed by atoms with Crippen LogP contribution in [0.3, 0.4) is 0 Å². The van der Waals surface area contributed by atoms with Crippen LogP contribution < -0.4 is 10.6 Å². The maximum Gasteiger partial charge on any atom is 0.271 e. The molecular weight excluding hydrogens is 208 g/mol. The molecule has 11 heavy (non-hydrogen) atoms. The van der Waals surface area contributed by atoms with Gasteiger partial charge in [-0.2, -0.15) is 0 Å². The van der Waals surface area contributed by atoms with E-state index >= 15 is 0 Å². The van der Waals surface area contributed by atoms with Crippen molar-refractivity contribution >= 4 is 29.0 Å². The van der Waals surface area contributed by atoms with Crippen molar-refractivity contribution in [2.24, 2.45) is 4.99 Å². The fraction of sp³-hybridized carbons (Fsp3) is 0. The predicted molar refractivity (Wildman–Crippen MR) is 44.8 cm³/mol. The van der Waals surface area contributed by atoms with Crippen LogP contribution in [0.1, 0.15) is 0 Å². The van der Waals surface area contributed by atoms with Gasteiger partial charge in [0.1, 0.15) is 0 Å². The van der Waals surface area contributed by atoms with Crippen molar-refractivity contribution in [3.63, 3.8) is 0 Å². The van der Waals surface area contributed by atoms with E-state index in [1.54, 1.807) is 18.5 Å². The Balaban J connectivity index is 0.000000605. The minimum absolute atomic E-state index is 0. The third-order valence-electron chi connectivity index (χ3n) is 1.34. The lowest BCUT2D eigenvalue weighted by atomic mass is 10.4. The molecule has 0 fully saturated rings. The molecule has 0 N–H and O–H groups in total. The van der Waals surface area contributed by atoms with Crippen LogP contribution in [0.15, 0.2) is 23.5 Å². The maximum atomic E-state index is 10.6. The molecule has 56 valence electrons. The number of nitrogens with zero attached hydrogens (tertiary/aromatic N) is 2. The van der Waals surface area contributed by atoms with Gasteiger partial charge in [0, 0.05) is 23.7 Å². The summed E-state index contributed by atoms with van der Waals surface area (Å²) in [5.41, 5.74) is 0. The zero-order valence-electron chi connectivity index (χ0n) is 5.52. The molecule has 0 saturated heterocycles. The van der Waals surface area contributed by atoms with Gasteiger partial charge in [-0.15, -0.1) is 17.0 Å². The van der Waals surface area contributed by atoms with Gasteiger partial charge in [0.05, 0.1) is 5.36 Å². The molecule has 1 aromatic rings. The van der Waals surface area contributed by atoms with E-state index in [0.717, 1.165) is 10.6 Å². The zero-order valence-corrected chi connectivity index (χ0v) is 7.23. The first kappa shape index (κ1) is 8.07. The third kappa shape index (κ3) is 1.35.